The lowest BCUT2D eigenvalue weighted by Gasteiger charge is -2.02. The van der Waals surface area contributed by atoms with Gasteiger partial charge in [-0.25, -0.2) is 4.68 Å². The molecule has 3 heteroatoms. The predicted molar refractivity (Wildman–Crippen MR) is 55.5 cm³/mol. The lowest BCUT2D eigenvalue weighted by Crippen LogP contribution is -1.97. The van der Waals surface area contributed by atoms with E-state index >= 15 is 0 Å². The summed E-state index contributed by atoms with van der Waals surface area (Å²) in [4.78, 5) is 4.25. The lowest BCUT2D eigenvalue weighted by molar-refractivity contribution is 0.854. The number of hydrogen-bond donors (Lipinski definition) is 0. The summed E-state index contributed by atoms with van der Waals surface area (Å²) in [5.74, 6) is 0. The molecule has 0 aliphatic heterocycles. The normalized spacial score (nSPS) is 10.4. The third kappa shape index (κ3) is 1.66. The Morgan fingerprint density at radius 2 is 2.21 bits per heavy atom. The molecule has 0 radical (unpaired) electrons. The van der Waals surface area contributed by atoms with Gasteiger partial charge in [0.25, 0.3) is 0 Å². The molecular weight excluding hydrogens is 174 g/mol. The van der Waals surface area contributed by atoms with Crippen molar-refractivity contribution in [1.82, 2.24) is 14.8 Å². The van der Waals surface area contributed by atoms with Crippen molar-refractivity contribution in [3.8, 4) is 5.69 Å². The highest BCUT2D eigenvalue weighted by atomic mass is 15.3. The average Bonchev–Trinajstić information content (AvgIpc) is 2.65. The molecule has 0 unspecified atom stereocenters. The van der Waals surface area contributed by atoms with Gasteiger partial charge in [0, 0.05) is 18.1 Å². The van der Waals surface area contributed by atoms with Gasteiger partial charge in [-0.15, -0.1) is 0 Å². The van der Waals surface area contributed by atoms with Gasteiger partial charge in [-0.05, 0) is 31.5 Å². The van der Waals surface area contributed by atoms with E-state index in [0.717, 1.165) is 23.5 Å². The molecule has 0 aliphatic rings. The summed E-state index contributed by atoms with van der Waals surface area (Å²) in [6.07, 6.45) is 4.74. The van der Waals surface area contributed by atoms with E-state index in [1.54, 1.807) is 0 Å². The van der Waals surface area contributed by atoms with Crippen molar-refractivity contribution in [2.45, 2.75) is 20.3 Å². The smallest absolute Gasteiger partial charge is 0.0679 e. The molecule has 0 atom stereocenters. The molecule has 0 aliphatic carbocycles. The lowest BCUT2D eigenvalue weighted by atomic mass is 10.3. The summed E-state index contributed by atoms with van der Waals surface area (Å²) >= 11 is 0. The van der Waals surface area contributed by atoms with E-state index in [0.29, 0.717) is 0 Å². The largest absolute Gasteiger partial charge is 0.261 e. The third-order valence-electron chi connectivity index (χ3n) is 2.15. The van der Waals surface area contributed by atoms with Gasteiger partial charge in [-0.1, -0.05) is 6.92 Å². The van der Waals surface area contributed by atoms with Crippen LogP contribution in [0.2, 0.25) is 0 Å². The monoisotopic (exact) mass is 187 g/mol. The molecule has 0 aromatic carbocycles. The van der Waals surface area contributed by atoms with Crippen LogP contribution in [0.1, 0.15) is 18.3 Å². The van der Waals surface area contributed by atoms with Crippen molar-refractivity contribution < 1.29 is 0 Å². The van der Waals surface area contributed by atoms with Crippen molar-refractivity contribution in [2.24, 2.45) is 0 Å². The van der Waals surface area contributed by atoms with E-state index in [4.69, 9.17) is 0 Å². The van der Waals surface area contributed by atoms with Crippen LogP contribution in [0.25, 0.3) is 5.69 Å². The van der Waals surface area contributed by atoms with Crippen molar-refractivity contribution in [2.75, 3.05) is 0 Å². The number of hydrogen-bond acceptors (Lipinski definition) is 2. The Bertz CT molecular complexity index is 432. The van der Waals surface area contributed by atoms with Crippen LogP contribution in [-0.2, 0) is 6.42 Å². The Labute approximate surface area is 83.4 Å². The summed E-state index contributed by atoms with van der Waals surface area (Å²) in [5, 5.41) is 4.35. The minimum absolute atomic E-state index is 0.952. The van der Waals surface area contributed by atoms with Crippen LogP contribution < -0.4 is 0 Å². The predicted octanol–water partition coefficient (Wildman–Crippen LogP) is 2.14. The van der Waals surface area contributed by atoms with E-state index < -0.39 is 0 Å². The zero-order chi connectivity index (χ0) is 9.97. The molecule has 0 amide bonds. The molecule has 0 saturated carbocycles. The van der Waals surface area contributed by atoms with Crippen LogP contribution in [0.15, 0.2) is 30.6 Å². The topological polar surface area (TPSA) is 30.7 Å². The van der Waals surface area contributed by atoms with Gasteiger partial charge in [-0.2, -0.15) is 5.10 Å². The number of rotatable bonds is 2. The van der Waals surface area contributed by atoms with Gasteiger partial charge in [-0.3, -0.25) is 4.98 Å². The van der Waals surface area contributed by atoms with Crippen molar-refractivity contribution in [3.05, 3.63) is 42.0 Å². The number of pyridine rings is 1. The number of aromatic nitrogens is 3. The number of nitrogens with zero attached hydrogens (tertiary/aromatic N) is 3. The summed E-state index contributed by atoms with van der Waals surface area (Å²) in [6.45, 7) is 4.08. The van der Waals surface area contributed by atoms with E-state index in [1.807, 2.05) is 36.1 Å². The van der Waals surface area contributed by atoms with Crippen LogP contribution in [0.4, 0.5) is 0 Å². The molecule has 14 heavy (non-hydrogen) atoms. The highest BCUT2D eigenvalue weighted by molar-refractivity contribution is 5.31. The Kier molecular flexibility index (Phi) is 2.31. The van der Waals surface area contributed by atoms with Crippen LogP contribution >= 0.6 is 0 Å². The van der Waals surface area contributed by atoms with Gasteiger partial charge in [0.2, 0.25) is 0 Å². The molecule has 0 bridgehead atoms. The maximum atomic E-state index is 4.35. The first-order valence-electron chi connectivity index (χ1n) is 4.77. The SMILES string of the molecule is CCc1cc(-n2ccc(C)n2)ccn1. The van der Waals surface area contributed by atoms with Crippen molar-refractivity contribution >= 4 is 0 Å². The van der Waals surface area contributed by atoms with E-state index in [9.17, 15) is 0 Å². The van der Waals surface area contributed by atoms with Gasteiger partial charge in [0.05, 0.1) is 11.4 Å². The molecule has 72 valence electrons. The molecule has 3 nitrogen and oxygen atoms in total. The summed E-state index contributed by atoms with van der Waals surface area (Å²) in [5.41, 5.74) is 3.19. The van der Waals surface area contributed by atoms with Crippen molar-refractivity contribution in [1.29, 1.82) is 0 Å². The fraction of sp³-hybridized carbons (Fsp3) is 0.273. The molecule has 0 saturated heterocycles. The van der Waals surface area contributed by atoms with Crippen LogP contribution in [0, 0.1) is 6.92 Å². The zero-order valence-electron chi connectivity index (χ0n) is 8.44. The van der Waals surface area contributed by atoms with Crippen LogP contribution in [0.5, 0.6) is 0 Å². The third-order valence-corrected chi connectivity index (χ3v) is 2.15. The minimum atomic E-state index is 0.952. The summed E-state index contributed by atoms with van der Waals surface area (Å²) < 4.78 is 1.87. The Hall–Kier alpha value is -1.64. The van der Waals surface area contributed by atoms with Crippen molar-refractivity contribution in [3.63, 3.8) is 0 Å². The highest BCUT2D eigenvalue weighted by Crippen LogP contribution is 2.08. The summed E-state index contributed by atoms with van der Waals surface area (Å²) in [7, 11) is 0. The minimum Gasteiger partial charge on any atom is -0.261 e. The molecule has 0 spiro atoms. The standard InChI is InChI=1S/C11H13N3/c1-3-10-8-11(4-6-12-10)14-7-5-9(2)13-14/h4-8H,3H2,1-2H3. The quantitative estimate of drug-likeness (QED) is 0.721. The molecule has 2 heterocycles. The molecular formula is C11H13N3. The Morgan fingerprint density at radius 3 is 2.86 bits per heavy atom. The van der Waals surface area contributed by atoms with E-state index in [2.05, 4.69) is 23.1 Å². The molecule has 0 fully saturated rings. The first-order valence-corrected chi connectivity index (χ1v) is 4.77. The Balaban J connectivity index is 2.41. The second kappa shape index (κ2) is 3.62. The molecule has 2 rings (SSSR count). The fourth-order valence-electron chi connectivity index (χ4n) is 1.36. The van der Waals surface area contributed by atoms with E-state index in [-0.39, 0.29) is 0 Å². The fourth-order valence-corrected chi connectivity index (χ4v) is 1.36. The van der Waals surface area contributed by atoms with Gasteiger partial charge < -0.3 is 0 Å². The van der Waals surface area contributed by atoms with E-state index in [1.165, 1.54) is 0 Å². The molecule has 0 N–H and O–H groups in total. The first kappa shape index (κ1) is 8.94. The van der Waals surface area contributed by atoms with Gasteiger partial charge in [0.15, 0.2) is 0 Å². The van der Waals surface area contributed by atoms with Crippen LogP contribution in [0.3, 0.4) is 0 Å². The average molecular weight is 187 g/mol. The first-order chi connectivity index (χ1) is 6.79. The molecule has 2 aromatic heterocycles. The second-order valence-electron chi connectivity index (χ2n) is 3.26. The summed E-state index contributed by atoms with van der Waals surface area (Å²) in [6, 6.07) is 6.02. The molecule has 2 aromatic rings. The Morgan fingerprint density at radius 1 is 1.36 bits per heavy atom. The van der Waals surface area contributed by atoms with Crippen LogP contribution in [-0.4, -0.2) is 14.8 Å². The number of aryl methyl sites for hydroxylation is 2. The maximum absolute atomic E-state index is 4.35. The van der Waals surface area contributed by atoms with Gasteiger partial charge >= 0.3 is 0 Å². The zero-order valence-corrected chi connectivity index (χ0v) is 8.44. The second-order valence-corrected chi connectivity index (χ2v) is 3.26. The van der Waals surface area contributed by atoms with Gasteiger partial charge in [0.1, 0.15) is 0 Å². The maximum Gasteiger partial charge on any atom is 0.0679 e. The highest BCUT2D eigenvalue weighted by Gasteiger charge is 1.99.